The number of nitrogens with zero attached hydrogens (tertiary/aromatic N) is 2. The van der Waals surface area contributed by atoms with Crippen LogP contribution in [0.25, 0.3) is 10.2 Å². The minimum Gasteiger partial charge on any atom is -0.368 e. The number of nitrogens with one attached hydrogen (secondary N) is 2. The largest absolute Gasteiger partial charge is 0.368 e. The molecule has 0 radical (unpaired) electrons. The third-order valence-electron chi connectivity index (χ3n) is 4.07. The van der Waals surface area contributed by atoms with Crippen LogP contribution in [0.15, 0.2) is 11.4 Å². The van der Waals surface area contributed by atoms with Crippen LogP contribution in [0.1, 0.15) is 25.7 Å². The van der Waals surface area contributed by atoms with Gasteiger partial charge in [0.15, 0.2) is 0 Å². The fourth-order valence-corrected chi connectivity index (χ4v) is 4.50. The van der Waals surface area contributed by atoms with E-state index in [4.69, 9.17) is 0 Å². The second kappa shape index (κ2) is 5.77. The summed E-state index contributed by atoms with van der Waals surface area (Å²) in [7, 11) is 1.86. The molecule has 2 heterocycles. The first kappa shape index (κ1) is 13.9. The van der Waals surface area contributed by atoms with Crippen LogP contribution in [0, 0.1) is 0 Å². The molecule has 6 heteroatoms. The summed E-state index contributed by atoms with van der Waals surface area (Å²) in [6.45, 7) is 0.985. The van der Waals surface area contributed by atoms with Crippen LogP contribution in [0.5, 0.6) is 0 Å². The Labute approximate surface area is 127 Å². The molecule has 1 aliphatic carbocycles. The molecule has 108 valence electrons. The first-order valence-electron chi connectivity index (χ1n) is 6.98. The third-order valence-corrected chi connectivity index (χ3v) is 6.30. The van der Waals surface area contributed by atoms with Crippen LogP contribution in [0.3, 0.4) is 0 Å². The molecule has 1 fully saturated rings. The van der Waals surface area contributed by atoms with Gasteiger partial charge in [0, 0.05) is 18.3 Å². The van der Waals surface area contributed by atoms with Crippen molar-refractivity contribution in [3.63, 3.8) is 0 Å². The zero-order valence-electron chi connectivity index (χ0n) is 11.9. The summed E-state index contributed by atoms with van der Waals surface area (Å²) in [5.74, 6) is 1.65. The molecule has 2 aromatic heterocycles. The molecule has 0 bridgehead atoms. The number of fused-ring (bicyclic) bond motifs is 1. The zero-order valence-corrected chi connectivity index (χ0v) is 13.5. The lowest BCUT2D eigenvalue weighted by atomic mass is 10.1. The molecule has 1 aliphatic rings. The maximum absolute atomic E-state index is 4.58. The number of thiophene rings is 1. The monoisotopic (exact) mass is 308 g/mol. The van der Waals surface area contributed by atoms with Gasteiger partial charge in [-0.25, -0.2) is 4.98 Å². The minimum absolute atomic E-state index is 0.382. The predicted molar refractivity (Wildman–Crippen MR) is 90.2 cm³/mol. The predicted octanol–water partition coefficient (Wildman–Crippen LogP) is 3.82. The zero-order chi connectivity index (χ0) is 14.0. The first-order valence-corrected chi connectivity index (χ1v) is 9.09. The van der Waals surface area contributed by atoms with Crippen LogP contribution >= 0.6 is 23.1 Å². The number of rotatable bonds is 5. The Morgan fingerprint density at radius 1 is 1.35 bits per heavy atom. The quantitative estimate of drug-likeness (QED) is 0.879. The molecule has 0 aliphatic heterocycles. The molecular weight excluding hydrogens is 288 g/mol. The molecule has 0 saturated heterocycles. The molecule has 0 unspecified atom stereocenters. The molecule has 0 spiro atoms. The molecule has 4 nitrogen and oxygen atoms in total. The SMILES string of the molecule is CNc1nc(NCC2(SC)CCCC2)c2ccsc2n1. The Kier molecular flexibility index (Phi) is 4.03. The van der Waals surface area contributed by atoms with Crippen LogP contribution in [-0.2, 0) is 0 Å². The Morgan fingerprint density at radius 2 is 2.15 bits per heavy atom. The highest BCUT2D eigenvalue weighted by Crippen LogP contribution is 2.40. The molecule has 0 aromatic carbocycles. The summed E-state index contributed by atoms with van der Waals surface area (Å²) in [6.07, 6.45) is 7.53. The van der Waals surface area contributed by atoms with Gasteiger partial charge in [-0.05, 0) is 30.5 Å². The van der Waals surface area contributed by atoms with E-state index in [2.05, 4.69) is 38.3 Å². The van der Waals surface area contributed by atoms with E-state index in [1.54, 1.807) is 11.3 Å². The van der Waals surface area contributed by atoms with E-state index < -0.39 is 0 Å². The average molecular weight is 308 g/mol. The number of thioether (sulfide) groups is 1. The lowest BCUT2D eigenvalue weighted by Gasteiger charge is -2.27. The van der Waals surface area contributed by atoms with Crippen LogP contribution in [0.4, 0.5) is 11.8 Å². The first-order chi connectivity index (χ1) is 9.76. The standard InChI is InChI=1S/C14H20N4S2/c1-15-13-17-11(10-5-8-20-12(10)18-13)16-9-14(19-2)6-3-4-7-14/h5,8H,3-4,6-7,9H2,1-2H3,(H2,15,16,17,18). The normalized spacial score (nSPS) is 17.5. The lowest BCUT2D eigenvalue weighted by Crippen LogP contribution is -2.30. The van der Waals surface area contributed by atoms with Crippen LogP contribution in [-0.4, -0.2) is 34.6 Å². The topological polar surface area (TPSA) is 49.8 Å². The second-order valence-corrected chi connectivity index (χ2v) is 7.40. The van der Waals surface area contributed by atoms with Gasteiger partial charge in [-0.1, -0.05) is 12.8 Å². The molecule has 0 atom stereocenters. The smallest absolute Gasteiger partial charge is 0.225 e. The van der Waals surface area contributed by atoms with E-state index in [1.165, 1.54) is 25.7 Å². The van der Waals surface area contributed by atoms with E-state index in [0.29, 0.717) is 10.7 Å². The summed E-state index contributed by atoms with van der Waals surface area (Å²) >= 11 is 3.66. The number of hydrogen-bond donors (Lipinski definition) is 2. The van der Waals surface area contributed by atoms with Gasteiger partial charge in [-0.15, -0.1) is 11.3 Å². The summed E-state index contributed by atoms with van der Waals surface area (Å²) < 4.78 is 0.382. The Balaban J connectivity index is 1.84. The van der Waals surface area contributed by atoms with Crippen molar-refractivity contribution in [2.75, 3.05) is 30.5 Å². The van der Waals surface area contributed by atoms with E-state index in [0.717, 1.165) is 22.6 Å². The fourth-order valence-electron chi connectivity index (χ4n) is 2.82. The van der Waals surface area contributed by atoms with Gasteiger partial charge in [0.05, 0.1) is 5.39 Å². The van der Waals surface area contributed by atoms with Crippen molar-refractivity contribution < 1.29 is 0 Å². The minimum atomic E-state index is 0.382. The van der Waals surface area contributed by atoms with E-state index >= 15 is 0 Å². The molecule has 2 N–H and O–H groups in total. The fraction of sp³-hybridized carbons (Fsp3) is 0.571. The Morgan fingerprint density at radius 3 is 2.85 bits per heavy atom. The highest BCUT2D eigenvalue weighted by molar-refractivity contribution is 8.00. The highest BCUT2D eigenvalue weighted by atomic mass is 32.2. The van der Waals surface area contributed by atoms with Crippen molar-refractivity contribution in [2.45, 2.75) is 30.4 Å². The van der Waals surface area contributed by atoms with Crippen molar-refractivity contribution in [3.8, 4) is 0 Å². The van der Waals surface area contributed by atoms with Crippen molar-refractivity contribution in [1.82, 2.24) is 9.97 Å². The third kappa shape index (κ3) is 2.59. The van der Waals surface area contributed by atoms with E-state index in [-0.39, 0.29) is 0 Å². The second-order valence-electron chi connectivity index (χ2n) is 5.23. The van der Waals surface area contributed by atoms with Gasteiger partial charge in [-0.2, -0.15) is 16.7 Å². The maximum Gasteiger partial charge on any atom is 0.225 e. The molecule has 20 heavy (non-hydrogen) atoms. The van der Waals surface area contributed by atoms with Gasteiger partial charge in [0.2, 0.25) is 5.95 Å². The molecule has 3 rings (SSSR count). The van der Waals surface area contributed by atoms with Gasteiger partial charge in [0.25, 0.3) is 0 Å². The number of aromatic nitrogens is 2. The van der Waals surface area contributed by atoms with Crippen molar-refractivity contribution >= 4 is 45.1 Å². The summed E-state index contributed by atoms with van der Waals surface area (Å²) in [5, 5.41) is 9.82. The maximum atomic E-state index is 4.58. The van der Waals surface area contributed by atoms with Gasteiger partial charge < -0.3 is 10.6 Å². The molecule has 1 saturated carbocycles. The van der Waals surface area contributed by atoms with E-state index in [9.17, 15) is 0 Å². The molecule has 2 aromatic rings. The van der Waals surface area contributed by atoms with Crippen molar-refractivity contribution in [3.05, 3.63) is 11.4 Å². The van der Waals surface area contributed by atoms with Crippen LogP contribution in [0.2, 0.25) is 0 Å². The number of anilines is 2. The Hall–Kier alpha value is -1.01. The van der Waals surface area contributed by atoms with E-state index in [1.807, 2.05) is 18.8 Å². The van der Waals surface area contributed by atoms with Gasteiger partial charge in [-0.3, -0.25) is 0 Å². The van der Waals surface area contributed by atoms with Crippen molar-refractivity contribution in [2.24, 2.45) is 0 Å². The van der Waals surface area contributed by atoms with Crippen LogP contribution < -0.4 is 10.6 Å². The van der Waals surface area contributed by atoms with Gasteiger partial charge in [0.1, 0.15) is 10.6 Å². The molecule has 0 amide bonds. The van der Waals surface area contributed by atoms with Crippen molar-refractivity contribution in [1.29, 1.82) is 0 Å². The molecular formula is C14H20N4S2. The summed E-state index contributed by atoms with van der Waals surface area (Å²) in [5.41, 5.74) is 0. The Bertz CT molecular complexity index is 590. The highest BCUT2D eigenvalue weighted by Gasteiger charge is 2.32. The summed E-state index contributed by atoms with van der Waals surface area (Å²) in [6, 6.07) is 2.10. The lowest BCUT2D eigenvalue weighted by molar-refractivity contribution is 0.639. The number of hydrogen-bond acceptors (Lipinski definition) is 6. The average Bonchev–Trinajstić information content (AvgIpc) is 3.14. The van der Waals surface area contributed by atoms with Gasteiger partial charge >= 0.3 is 0 Å². The summed E-state index contributed by atoms with van der Waals surface area (Å²) in [4.78, 5) is 10.1.